The third-order valence-corrected chi connectivity index (χ3v) is 6.62. The van der Waals surface area contributed by atoms with Gasteiger partial charge in [0.1, 0.15) is 5.03 Å². The molecule has 1 fully saturated rings. The highest BCUT2D eigenvalue weighted by atomic mass is 32.2. The Morgan fingerprint density at radius 1 is 1.23 bits per heavy atom. The number of rotatable bonds is 8. The molecule has 4 heteroatoms. The first-order valence-electron chi connectivity index (χ1n) is 9.40. The lowest BCUT2D eigenvalue weighted by atomic mass is 9.80. The summed E-state index contributed by atoms with van der Waals surface area (Å²) in [5.41, 5.74) is 3.64. The van der Waals surface area contributed by atoms with Crippen molar-refractivity contribution in [1.82, 2.24) is 4.98 Å². The SMILES string of the molecule is CC(C)(CCCC(=O)O)c1ccc(-c2cccnc2SC2CCC2)cc1. The number of carboxylic acids is 1. The highest BCUT2D eigenvalue weighted by Crippen LogP contribution is 2.40. The Morgan fingerprint density at radius 3 is 2.58 bits per heavy atom. The van der Waals surface area contributed by atoms with Gasteiger partial charge in [-0.05, 0) is 48.3 Å². The highest BCUT2D eigenvalue weighted by Gasteiger charge is 2.22. The van der Waals surface area contributed by atoms with Crippen LogP contribution >= 0.6 is 11.8 Å². The van der Waals surface area contributed by atoms with Crippen molar-refractivity contribution in [3.8, 4) is 11.1 Å². The zero-order valence-corrected chi connectivity index (χ0v) is 16.4. The molecule has 0 amide bonds. The molecule has 1 aromatic carbocycles. The predicted molar refractivity (Wildman–Crippen MR) is 108 cm³/mol. The lowest BCUT2D eigenvalue weighted by Gasteiger charge is -2.26. The quantitative estimate of drug-likeness (QED) is 0.627. The summed E-state index contributed by atoms with van der Waals surface area (Å²) >= 11 is 1.91. The van der Waals surface area contributed by atoms with Gasteiger partial charge in [-0.3, -0.25) is 4.79 Å². The number of thioether (sulfide) groups is 1. The Kier molecular flexibility index (Phi) is 6.02. The van der Waals surface area contributed by atoms with Gasteiger partial charge in [-0.1, -0.05) is 50.6 Å². The van der Waals surface area contributed by atoms with E-state index in [2.05, 4.69) is 49.2 Å². The number of benzene rings is 1. The first-order valence-corrected chi connectivity index (χ1v) is 10.3. The van der Waals surface area contributed by atoms with Crippen molar-refractivity contribution in [3.63, 3.8) is 0 Å². The number of hydrogen-bond acceptors (Lipinski definition) is 3. The third kappa shape index (κ3) is 4.67. The molecule has 0 radical (unpaired) electrons. The monoisotopic (exact) mass is 369 g/mol. The van der Waals surface area contributed by atoms with E-state index < -0.39 is 5.97 Å². The molecule has 0 unspecified atom stereocenters. The molecule has 1 saturated carbocycles. The number of pyridine rings is 1. The number of carbonyl (C=O) groups is 1. The Hall–Kier alpha value is -1.81. The number of hydrogen-bond donors (Lipinski definition) is 1. The van der Waals surface area contributed by atoms with Crippen LogP contribution in [0.25, 0.3) is 11.1 Å². The van der Waals surface area contributed by atoms with Gasteiger partial charge in [0.25, 0.3) is 0 Å². The fourth-order valence-corrected chi connectivity index (χ4v) is 4.60. The molecule has 1 aromatic heterocycles. The van der Waals surface area contributed by atoms with Gasteiger partial charge >= 0.3 is 5.97 Å². The zero-order chi connectivity index (χ0) is 18.6. The fourth-order valence-electron chi connectivity index (χ4n) is 3.28. The predicted octanol–water partition coefficient (Wildman–Crippen LogP) is 5.93. The van der Waals surface area contributed by atoms with Crippen LogP contribution in [0.3, 0.4) is 0 Å². The maximum atomic E-state index is 10.7. The van der Waals surface area contributed by atoms with Gasteiger partial charge in [0.2, 0.25) is 0 Å². The van der Waals surface area contributed by atoms with E-state index in [0.717, 1.165) is 16.7 Å². The number of aliphatic carboxylic acids is 1. The Labute approximate surface area is 160 Å². The van der Waals surface area contributed by atoms with E-state index in [-0.39, 0.29) is 11.8 Å². The van der Waals surface area contributed by atoms with Crippen molar-refractivity contribution in [1.29, 1.82) is 0 Å². The van der Waals surface area contributed by atoms with E-state index in [1.54, 1.807) is 0 Å². The lowest BCUT2D eigenvalue weighted by molar-refractivity contribution is -0.137. The van der Waals surface area contributed by atoms with Gasteiger partial charge in [0, 0.05) is 23.4 Å². The highest BCUT2D eigenvalue weighted by molar-refractivity contribution is 8.00. The van der Waals surface area contributed by atoms with E-state index in [1.165, 1.54) is 36.0 Å². The molecule has 0 atom stereocenters. The molecule has 26 heavy (non-hydrogen) atoms. The molecule has 0 spiro atoms. The van der Waals surface area contributed by atoms with E-state index in [4.69, 9.17) is 5.11 Å². The van der Waals surface area contributed by atoms with Gasteiger partial charge in [-0.25, -0.2) is 4.98 Å². The summed E-state index contributed by atoms with van der Waals surface area (Å²) in [5.74, 6) is -0.718. The summed E-state index contributed by atoms with van der Waals surface area (Å²) in [6.45, 7) is 4.37. The van der Waals surface area contributed by atoms with Crippen molar-refractivity contribution < 1.29 is 9.90 Å². The topological polar surface area (TPSA) is 50.2 Å². The molecule has 1 aliphatic rings. The second-order valence-corrected chi connectivity index (χ2v) is 9.02. The van der Waals surface area contributed by atoms with Crippen molar-refractivity contribution in [2.75, 3.05) is 0 Å². The summed E-state index contributed by atoms with van der Waals surface area (Å²) in [7, 11) is 0. The molecule has 1 N–H and O–H groups in total. The molecular weight excluding hydrogens is 342 g/mol. The molecule has 0 aliphatic heterocycles. The fraction of sp³-hybridized carbons (Fsp3) is 0.455. The molecule has 2 aromatic rings. The van der Waals surface area contributed by atoms with Crippen LogP contribution in [0.4, 0.5) is 0 Å². The van der Waals surface area contributed by atoms with Crippen LogP contribution in [0.5, 0.6) is 0 Å². The minimum Gasteiger partial charge on any atom is -0.481 e. The summed E-state index contributed by atoms with van der Waals surface area (Å²) in [6, 6.07) is 12.9. The molecule has 1 heterocycles. The number of nitrogens with zero attached hydrogens (tertiary/aromatic N) is 1. The van der Waals surface area contributed by atoms with Crippen molar-refractivity contribution in [3.05, 3.63) is 48.2 Å². The van der Waals surface area contributed by atoms with E-state index >= 15 is 0 Å². The van der Waals surface area contributed by atoms with Crippen LogP contribution in [0, 0.1) is 0 Å². The van der Waals surface area contributed by atoms with Crippen molar-refractivity contribution >= 4 is 17.7 Å². The van der Waals surface area contributed by atoms with Crippen LogP contribution < -0.4 is 0 Å². The smallest absolute Gasteiger partial charge is 0.303 e. The summed E-state index contributed by atoms with van der Waals surface area (Å²) < 4.78 is 0. The molecule has 138 valence electrons. The molecule has 1 aliphatic carbocycles. The van der Waals surface area contributed by atoms with Gasteiger partial charge in [-0.2, -0.15) is 0 Å². The minimum atomic E-state index is -0.718. The number of aromatic nitrogens is 1. The van der Waals surface area contributed by atoms with E-state index in [0.29, 0.717) is 6.42 Å². The van der Waals surface area contributed by atoms with Crippen LogP contribution in [0.2, 0.25) is 0 Å². The summed E-state index contributed by atoms with van der Waals surface area (Å²) in [6.07, 6.45) is 7.62. The molecule has 0 saturated heterocycles. The zero-order valence-electron chi connectivity index (χ0n) is 15.6. The lowest BCUT2D eigenvalue weighted by Crippen LogP contribution is -2.17. The maximum absolute atomic E-state index is 10.7. The molecule has 0 bridgehead atoms. The maximum Gasteiger partial charge on any atom is 0.303 e. The van der Waals surface area contributed by atoms with Gasteiger partial charge < -0.3 is 5.11 Å². The van der Waals surface area contributed by atoms with Crippen LogP contribution in [0.1, 0.15) is 57.9 Å². The van der Waals surface area contributed by atoms with E-state index in [9.17, 15) is 4.79 Å². The van der Waals surface area contributed by atoms with Crippen molar-refractivity contribution in [2.24, 2.45) is 0 Å². The molecule has 3 nitrogen and oxygen atoms in total. The number of carboxylic acid groups (broad SMARTS) is 1. The van der Waals surface area contributed by atoms with Crippen LogP contribution in [-0.4, -0.2) is 21.3 Å². The molecule has 3 rings (SSSR count). The standard InChI is InChI=1S/C22H27NO2S/c1-22(2,14-4-9-20(24)25)17-12-10-16(11-13-17)19-8-5-15-23-21(19)26-18-6-3-7-18/h5,8,10-13,15,18H,3-4,6-7,9,14H2,1-2H3,(H,24,25). The first kappa shape index (κ1) is 19.0. The van der Waals surface area contributed by atoms with Gasteiger partial charge in [0.15, 0.2) is 0 Å². The first-order chi connectivity index (χ1) is 12.5. The van der Waals surface area contributed by atoms with E-state index in [1.807, 2.05) is 24.0 Å². The Morgan fingerprint density at radius 2 is 1.96 bits per heavy atom. The van der Waals surface area contributed by atoms with Crippen molar-refractivity contribution in [2.45, 2.75) is 68.1 Å². The normalized spacial score (nSPS) is 14.8. The van der Waals surface area contributed by atoms with Crippen LogP contribution in [-0.2, 0) is 10.2 Å². The second kappa shape index (κ2) is 8.26. The second-order valence-electron chi connectivity index (χ2n) is 7.74. The van der Waals surface area contributed by atoms with Crippen LogP contribution in [0.15, 0.2) is 47.6 Å². The average Bonchev–Trinajstić information content (AvgIpc) is 2.58. The van der Waals surface area contributed by atoms with Gasteiger partial charge in [-0.15, -0.1) is 11.8 Å². The largest absolute Gasteiger partial charge is 0.481 e. The average molecular weight is 370 g/mol. The summed E-state index contributed by atoms with van der Waals surface area (Å²) in [5, 5.41) is 10.7. The third-order valence-electron chi connectivity index (χ3n) is 5.27. The Bertz CT molecular complexity index is 751. The minimum absolute atomic E-state index is 0.0214. The molecular formula is C22H27NO2S. The summed E-state index contributed by atoms with van der Waals surface area (Å²) in [4.78, 5) is 15.4. The Balaban J connectivity index is 1.74. The van der Waals surface area contributed by atoms with Gasteiger partial charge in [0.05, 0.1) is 0 Å².